The smallest absolute Gasteiger partial charge is 0.380 e. The molecular formula is C26H33N6O8P. The first-order valence-corrected chi connectivity index (χ1v) is 14.4. The summed E-state index contributed by atoms with van der Waals surface area (Å²) in [7, 11) is -4.52. The summed E-state index contributed by atoms with van der Waals surface area (Å²) in [6, 6.07) is 7.85. The third kappa shape index (κ3) is 6.45. The van der Waals surface area contributed by atoms with Crippen LogP contribution in [0.2, 0.25) is 0 Å². The summed E-state index contributed by atoms with van der Waals surface area (Å²) in [5.74, 6) is 3.37. The van der Waals surface area contributed by atoms with Crippen LogP contribution in [0.5, 0.6) is 5.75 Å². The van der Waals surface area contributed by atoms with Gasteiger partial charge in [-0.2, -0.15) is 4.98 Å². The molecule has 0 bridgehead atoms. The Balaban J connectivity index is 1.71. The van der Waals surface area contributed by atoms with Gasteiger partial charge in [0.15, 0.2) is 22.9 Å². The molecule has 15 heteroatoms. The van der Waals surface area contributed by atoms with Crippen molar-refractivity contribution in [3.05, 3.63) is 47.0 Å². The number of ether oxygens (including phenoxy) is 2. The van der Waals surface area contributed by atoms with Gasteiger partial charge >= 0.3 is 13.6 Å². The molecule has 1 saturated heterocycles. The molecule has 4 rings (SSSR count). The van der Waals surface area contributed by atoms with Crippen LogP contribution in [0.4, 0.5) is 5.95 Å². The fourth-order valence-corrected chi connectivity index (χ4v) is 5.92. The molecule has 0 radical (unpaired) electrons. The van der Waals surface area contributed by atoms with Gasteiger partial charge in [0.1, 0.15) is 18.0 Å². The lowest BCUT2D eigenvalue weighted by Gasteiger charge is -2.27. The highest BCUT2D eigenvalue weighted by molar-refractivity contribution is 7.54. The molecule has 0 saturated carbocycles. The van der Waals surface area contributed by atoms with Crippen molar-refractivity contribution in [2.75, 3.05) is 18.5 Å². The van der Waals surface area contributed by atoms with Gasteiger partial charge in [-0.3, -0.25) is 23.7 Å². The number of rotatable bonds is 10. The van der Waals surface area contributed by atoms with E-state index in [4.69, 9.17) is 32.7 Å². The third-order valence-electron chi connectivity index (χ3n) is 6.05. The first-order chi connectivity index (χ1) is 20.1. The summed E-state index contributed by atoms with van der Waals surface area (Å²) < 4.78 is 55.2. The highest BCUT2D eigenvalue weighted by Crippen LogP contribution is 2.51. The maximum absolute atomic E-state index is 14.1. The van der Waals surface area contributed by atoms with E-state index < -0.39 is 67.8 Å². The molecule has 1 aliphatic heterocycles. The molecule has 0 amide bonds. The number of hydrogen-bond donors (Lipinski definition) is 4. The number of nitrogens with zero attached hydrogens (tertiary/aromatic N) is 3. The van der Waals surface area contributed by atoms with Gasteiger partial charge in [0.25, 0.3) is 5.56 Å². The number of aromatic amines is 1. The van der Waals surface area contributed by atoms with Crippen LogP contribution in [-0.4, -0.2) is 67.2 Å². The SMILES string of the molecule is [2H]C([2H])(O[P@@](=O)(C[C@@H](C)C(=O)OC(C)C)Oc1ccccc1)[C@H]1O[C@@H](n2cnc3c(=O)[nH]c(N)nc32)C(N)(C#CC)[C@H]1O. The quantitative estimate of drug-likeness (QED) is 0.151. The molecule has 1 fully saturated rings. The molecule has 6 atom stereocenters. The van der Waals surface area contributed by atoms with Gasteiger partial charge in [-0.1, -0.05) is 31.0 Å². The van der Waals surface area contributed by atoms with Crippen molar-refractivity contribution in [1.82, 2.24) is 19.5 Å². The van der Waals surface area contributed by atoms with Crippen LogP contribution in [0.3, 0.4) is 0 Å². The zero-order valence-electron chi connectivity index (χ0n) is 24.8. The summed E-state index contributed by atoms with van der Waals surface area (Å²) in [4.78, 5) is 35.3. The molecule has 0 spiro atoms. The van der Waals surface area contributed by atoms with Crippen LogP contribution in [0, 0.1) is 17.8 Å². The van der Waals surface area contributed by atoms with Crippen LogP contribution >= 0.6 is 7.60 Å². The Kier molecular flexibility index (Phi) is 8.04. The predicted molar refractivity (Wildman–Crippen MR) is 149 cm³/mol. The standard InChI is InChI=1S/C26H33N6O8P/c1-5-11-26(28)20(33)18(39-24(26)32-14-29-19-21(32)30-25(27)31-22(19)34)12-37-41(36,40-17-9-7-6-8-10-17)13-16(4)23(35)38-15(2)3/h6-10,14-16,18,20,24,33H,12-13,28H2,1-4H3,(H3,27,30,31,34)/t16-,18-,20+,24-,26?,41+/m1/s1/i12D2. The number of nitrogen functional groups attached to an aromatic ring is 1. The van der Waals surface area contributed by atoms with E-state index in [-0.39, 0.29) is 22.9 Å². The van der Waals surface area contributed by atoms with E-state index in [0.717, 1.165) is 6.33 Å². The maximum Gasteiger partial charge on any atom is 0.380 e. The Labute approximate surface area is 238 Å². The Bertz CT molecular complexity index is 1660. The number of aliphatic hydroxyl groups is 1. The van der Waals surface area contributed by atoms with E-state index in [1.807, 2.05) is 0 Å². The van der Waals surface area contributed by atoms with E-state index in [0.29, 0.717) is 0 Å². The predicted octanol–water partition coefficient (Wildman–Crippen LogP) is 1.56. The number of carbonyl (C=O) groups is 1. The first kappa shape index (κ1) is 27.4. The summed E-state index contributed by atoms with van der Waals surface area (Å²) in [6.07, 6.45) is -5.12. The minimum absolute atomic E-state index is 0.0659. The lowest BCUT2D eigenvalue weighted by atomic mass is 9.91. The van der Waals surface area contributed by atoms with Gasteiger partial charge in [-0.05, 0) is 32.9 Å². The number of aromatic nitrogens is 4. The lowest BCUT2D eigenvalue weighted by Crippen LogP contribution is -2.53. The highest BCUT2D eigenvalue weighted by Gasteiger charge is 2.55. The topological polar surface area (TPSA) is 207 Å². The molecule has 2 aromatic heterocycles. The molecule has 0 aliphatic carbocycles. The molecule has 1 unspecified atom stereocenters. The van der Waals surface area contributed by atoms with Gasteiger partial charge in [0, 0.05) is 0 Å². The van der Waals surface area contributed by atoms with Crippen molar-refractivity contribution in [3.8, 4) is 17.6 Å². The van der Waals surface area contributed by atoms with E-state index in [9.17, 15) is 19.3 Å². The van der Waals surface area contributed by atoms with Gasteiger partial charge in [-0.25, -0.2) is 9.55 Å². The van der Waals surface area contributed by atoms with Gasteiger partial charge in [0.2, 0.25) is 5.95 Å². The molecule has 1 aliphatic rings. The number of imidazole rings is 1. The zero-order chi connectivity index (χ0) is 31.7. The highest BCUT2D eigenvalue weighted by atomic mass is 31.2. The van der Waals surface area contributed by atoms with Crippen LogP contribution < -0.4 is 21.6 Å². The summed E-state index contributed by atoms with van der Waals surface area (Å²) in [5, 5.41) is 11.4. The lowest BCUT2D eigenvalue weighted by molar-refractivity contribution is -0.151. The minimum atomic E-state index is -4.52. The molecular weight excluding hydrogens is 555 g/mol. The number of carbonyl (C=O) groups excluding carboxylic acids is 1. The van der Waals surface area contributed by atoms with Crippen molar-refractivity contribution < 1.29 is 35.7 Å². The number of H-pyrrole nitrogens is 1. The second kappa shape index (κ2) is 12.0. The average Bonchev–Trinajstić information content (AvgIpc) is 3.42. The normalized spacial score (nSPS) is 25.5. The van der Waals surface area contributed by atoms with Crippen molar-refractivity contribution >= 4 is 30.7 Å². The fourth-order valence-electron chi connectivity index (χ4n) is 4.20. The number of hydrogen-bond acceptors (Lipinski definition) is 12. The fraction of sp³-hybridized carbons (Fsp3) is 0.462. The van der Waals surface area contributed by atoms with Crippen LogP contribution in [0.15, 0.2) is 41.5 Å². The molecule has 6 N–H and O–H groups in total. The number of nitrogens with one attached hydrogen (secondary N) is 1. The van der Waals surface area contributed by atoms with E-state index in [1.165, 1.54) is 30.5 Å². The number of para-hydroxylation sites is 1. The molecule has 41 heavy (non-hydrogen) atoms. The number of esters is 1. The molecule has 220 valence electrons. The minimum Gasteiger partial charge on any atom is -0.463 e. The van der Waals surface area contributed by atoms with Crippen molar-refractivity contribution in [2.45, 2.75) is 57.8 Å². The van der Waals surface area contributed by atoms with Crippen molar-refractivity contribution in [3.63, 3.8) is 0 Å². The maximum atomic E-state index is 14.1. The zero-order valence-corrected chi connectivity index (χ0v) is 23.7. The monoisotopic (exact) mass is 590 g/mol. The Morgan fingerprint density at radius 2 is 2.07 bits per heavy atom. The largest absolute Gasteiger partial charge is 0.463 e. The average molecular weight is 591 g/mol. The molecule has 14 nitrogen and oxygen atoms in total. The number of benzene rings is 1. The molecule has 1 aromatic carbocycles. The van der Waals surface area contributed by atoms with E-state index in [2.05, 4.69) is 26.8 Å². The second-order valence-electron chi connectivity index (χ2n) is 9.73. The Morgan fingerprint density at radius 1 is 1.37 bits per heavy atom. The number of nitrogens with two attached hydrogens (primary N) is 2. The molecule has 3 aromatic rings. The Hall–Kier alpha value is -3.73. The van der Waals surface area contributed by atoms with E-state index >= 15 is 0 Å². The van der Waals surface area contributed by atoms with E-state index in [1.54, 1.807) is 32.0 Å². The van der Waals surface area contributed by atoms with Gasteiger partial charge in [0.05, 0.1) is 33.8 Å². The summed E-state index contributed by atoms with van der Waals surface area (Å²) in [5.41, 5.74) is 9.40. The van der Waals surface area contributed by atoms with Crippen molar-refractivity contribution in [2.24, 2.45) is 11.7 Å². The van der Waals surface area contributed by atoms with Gasteiger partial charge in [-0.15, -0.1) is 5.92 Å². The Morgan fingerprint density at radius 3 is 2.73 bits per heavy atom. The number of fused-ring (bicyclic) bond motifs is 1. The second-order valence-corrected chi connectivity index (χ2v) is 11.7. The van der Waals surface area contributed by atoms with Crippen molar-refractivity contribution in [1.29, 1.82) is 0 Å². The first-order valence-electron chi connectivity index (χ1n) is 13.6. The third-order valence-corrected chi connectivity index (χ3v) is 7.92. The van der Waals surface area contributed by atoms with Gasteiger partial charge < -0.3 is 30.6 Å². The molecule has 3 heterocycles. The van der Waals surface area contributed by atoms with Crippen LogP contribution in [-0.2, 0) is 23.4 Å². The van der Waals surface area contributed by atoms with Crippen LogP contribution in [0.1, 0.15) is 36.7 Å². The van der Waals surface area contributed by atoms with Crippen LogP contribution in [0.25, 0.3) is 11.2 Å². The number of aliphatic hydroxyl groups excluding tert-OH is 1. The summed E-state index contributed by atoms with van der Waals surface area (Å²) >= 11 is 0. The number of anilines is 1. The summed E-state index contributed by atoms with van der Waals surface area (Å²) in [6.45, 7) is 3.14.